The highest BCUT2D eigenvalue weighted by Gasteiger charge is 2.26. The Morgan fingerprint density at radius 3 is 2.40 bits per heavy atom. The second kappa shape index (κ2) is 10.7. The molecule has 8 heteroatoms. The molecular formula is C22H33N3O4S. The summed E-state index contributed by atoms with van der Waals surface area (Å²) in [6.45, 7) is 9.40. The molecule has 0 fully saturated rings. The third kappa shape index (κ3) is 6.40. The molecule has 0 radical (unpaired) electrons. The summed E-state index contributed by atoms with van der Waals surface area (Å²) in [6, 6.07) is 9.09. The molecule has 0 N–H and O–H groups in total. The second-order valence-corrected chi connectivity index (χ2v) is 10.1. The van der Waals surface area contributed by atoms with Crippen LogP contribution in [0.5, 0.6) is 0 Å². The molecule has 0 aliphatic rings. The fourth-order valence-corrected chi connectivity index (χ4v) is 4.72. The molecule has 0 saturated carbocycles. The van der Waals surface area contributed by atoms with Gasteiger partial charge in [0, 0.05) is 26.1 Å². The van der Waals surface area contributed by atoms with E-state index in [1.54, 1.807) is 34.9 Å². The number of carbonyl (C=O) groups is 1. The van der Waals surface area contributed by atoms with Crippen LogP contribution in [0.25, 0.3) is 0 Å². The summed E-state index contributed by atoms with van der Waals surface area (Å²) in [7, 11) is -2.04. The Morgan fingerprint density at radius 2 is 1.83 bits per heavy atom. The maximum absolute atomic E-state index is 13.1. The monoisotopic (exact) mass is 435 g/mol. The number of rotatable bonds is 11. The Bertz CT molecular complexity index is 921. The Hall–Kier alpha value is -2.19. The zero-order valence-corrected chi connectivity index (χ0v) is 19.4. The Morgan fingerprint density at radius 1 is 1.17 bits per heavy atom. The van der Waals surface area contributed by atoms with Gasteiger partial charge in [-0.05, 0) is 11.5 Å². The maximum atomic E-state index is 13.1. The van der Waals surface area contributed by atoms with Gasteiger partial charge in [-0.2, -0.15) is 0 Å². The van der Waals surface area contributed by atoms with Crippen molar-refractivity contribution in [1.29, 1.82) is 0 Å². The van der Waals surface area contributed by atoms with E-state index in [0.29, 0.717) is 31.9 Å². The standard InChI is InChI=1S/C22H33N3O4S/c1-17(2)14-25-20(15-24(11-12-29-5)21(26)18(3)4)13-23-22(25)30(27,28)16-19-9-7-6-8-10-19/h6-10,13,17-18H,11-12,14-16H2,1-5H3. The van der Waals surface area contributed by atoms with Crippen molar-refractivity contribution in [1.82, 2.24) is 14.5 Å². The van der Waals surface area contributed by atoms with E-state index in [0.717, 1.165) is 5.56 Å². The maximum Gasteiger partial charge on any atom is 0.228 e. The van der Waals surface area contributed by atoms with Crippen LogP contribution < -0.4 is 0 Å². The molecule has 0 unspecified atom stereocenters. The van der Waals surface area contributed by atoms with E-state index in [2.05, 4.69) is 4.98 Å². The van der Waals surface area contributed by atoms with Crippen LogP contribution in [-0.2, 0) is 38.2 Å². The summed E-state index contributed by atoms with van der Waals surface area (Å²) in [5.74, 6) is -0.0553. The number of methoxy groups -OCH3 is 1. The normalized spacial score (nSPS) is 12.0. The van der Waals surface area contributed by atoms with Crippen molar-refractivity contribution in [2.75, 3.05) is 20.3 Å². The van der Waals surface area contributed by atoms with Crippen molar-refractivity contribution in [3.8, 4) is 0 Å². The van der Waals surface area contributed by atoms with Crippen molar-refractivity contribution < 1.29 is 17.9 Å². The predicted octanol–water partition coefficient (Wildman–Crippen LogP) is 3.14. The van der Waals surface area contributed by atoms with Crippen LogP contribution in [0, 0.1) is 11.8 Å². The molecule has 0 spiro atoms. The number of hydrogen-bond acceptors (Lipinski definition) is 5. The van der Waals surface area contributed by atoms with Gasteiger partial charge in [-0.3, -0.25) is 4.79 Å². The Labute approximate surface area is 180 Å². The van der Waals surface area contributed by atoms with Crippen molar-refractivity contribution in [2.24, 2.45) is 11.8 Å². The molecule has 0 atom stereocenters. The number of sulfone groups is 1. The van der Waals surface area contributed by atoms with E-state index in [1.165, 1.54) is 0 Å². The molecular weight excluding hydrogens is 402 g/mol. The van der Waals surface area contributed by atoms with Gasteiger partial charge in [0.15, 0.2) is 0 Å². The van der Waals surface area contributed by atoms with Crippen LogP contribution >= 0.6 is 0 Å². The third-order valence-corrected chi connectivity index (χ3v) is 6.25. The first-order valence-corrected chi connectivity index (χ1v) is 11.9. The number of imidazole rings is 1. The number of benzene rings is 1. The van der Waals surface area contributed by atoms with Gasteiger partial charge < -0.3 is 14.2 Å². The number of hydrogen-bond donors (Lipinski definition) is 0. The molecule has 0 saturated heterocycles. The van der Waals surface area contributed by atoms with E-state index in [1.807, 2.05) is 45.9 Å². The van der Waals surface area contributed by atoms with Crippen LogP contribution in [0.4, 0.5) is 0 Å². The lowest BCUT2D eigenvalue weighted by molar-refractivity contribution is -0.135. The van der Waals surface area contributed by atoms with Gasteiger partial charge in [-0.25, -0.2) is 13.4 Å². The number of aromatic nitrogens is 2. The summed E-state index contributed by atoms with van der Waals surface area (Å²) in [5, 5.41) is 0.0544. The van der Waals surface area contributed by atoms with Crippen LogP contribution in [0.2, 0.25) is 0 Å². The molecule has 166 valence electrons. The molecule has 1 aromatic carbocycles. The minimum absolute atomic E-state index is 0.00182. The Kier molecular flexibility index (Phi) is 8.61. The van der Waals surface area contributed by atoms with E-state index in [4.69, 9.17) is 4.74 Å². The van der Waals surface area contributed by atoms with E-state index in [-0.39, 0.29) is 28.7 Å². The first-order valence-electron chi connectivity index (χ1n) is 10.2. The summed E-state index contributed by atoms with van der Waals surface area (Å²) in [4.78, 5) is 18.6. The summed E-state index contributed by atoms with van der Waals surface area (Å²) in [6.07, 6.45) is 1.58. The molecule has 1 aromatic heterocycles. The molecule has 0 bridgehead atoms. The molecule has 0 aliphatic carbocycles. The SMILES string of the molecule is COCCN(Cc1cnc(S(=O)(=O)Cc2ccccc2)n1CC(C)C)C(=O)C(C)C. The fraction of sp³-hybridized carbons (Fsp3) is 0.545. The van der Waals surface area contributed by atoms with E-state index >= 15 is 0 Å². The molecule has 2 aromatic rings. The Balaban J connectivity index is 2.39. The number of amides is 1. The van der Waals surface area contributed by atoms with Gasteiger partial charge in [-0.1, -0.05) is 58.0 Å². The number of nitrogens with zero attached hydrogens (tertiary/aromatic N) is 3. The average molecular weight is 436 g/mol. The molecule has 7 nitrogen and oxygen atoms in total. The fourth-order valence-electron chi connectivity index (χ4n) is 3.21. The molecule has 30 heavy (non-hydrogen) atoms. The van der Waals surface area contributed by atoms with Gasteiger partial charge in [0.1, 0.15) is 0 Å². The summed E-state index contributed by atoms with van der Waals surface area (Å²) in [5.41, 5.74) is 1.43. The zero-order chi connectivity index (χ0) is 22.3. The molecule has 2 rings (SSSR count). The third-order valence-electron chi connectivity index (χ3n) is 4.65. The first-order chi connectivity index (χ1) is 14.2. The van der Waals surface area contributed by atoms with Gasteiger partial charge in [-0.15, -0.1) is 0 Å². The highest BCUT2D eigenvalue weighted by atomic mass is 32.2. The van der Waals surface area contributed by atoms with Crippen LogP contribution in [0.15, 0.2) is 41.7 Å². The van der Waals surface area contributed by atoms with Crippen LogP contribution in [0.1, 0.15) is 39.0 Å². The van der Waals surface area contributed by atoms with Gasteiger partial charge in [0.05, 0.1) is 30.8 Å². The zero-order valence-electron chi connectivity index (χ0n) is 18.5. The highest BCUT2D eigenvalue weighted by molar-refractivity contribution is 7.90. The van der Waals surface area contributed by atoms with E-state index in [9.17, 15) is 13.2 Å². The van der Waals surface area contributed by atoms with E-state index < -0.39 is 9.84 Å². The first kappa shape index (κ1) is 24.1. The van der Waals surface area contributed by atoms with Crippen molar-refractivity contribution >= 4 is 15.7 Å². The second-order valence-electron chi connectivity index (χ2n) is 8.19. The van der Waals surface area contributed by atoms with Gasteiger partial charge >= 0.3 is 0 Å². The van der Waals surface area contributed by atoms with Crippen molar-refractivity contribution in [3.63, 3.8) is 0 Å². The number of ether oxygens (including phenoxy) is 1. The molecule has 1 heterocycles. The number of carbonyl (C=O) groups excluding carboxylic acids is 1. The lowest BCUT2D eigenvalue weighted by Gasteiger charge is -2.25. The summed E-state index contributed by atoms with van der Waals surface area (Å²) >= 11 is 0. The largest absolute Gasteiger partial charge is 0.383 e. The van der Waals surface area contributed by atoms with Crippen LogP contribution in [0.3, 0.4) is 0 Å². The predicted molar refractivity (Wildman–Crippen MR) is 117 cm³/mol. The lowest BCUT2D eigenvalue weighted by Crippen LogP contribution is -2.37. The molecule has 1 amide bonds. The highest BCUT2D eigenvalue weighted by Crippen LogP contribution is 2.20. The molecule has 0 aliphatic heterocycles. The van der Waals surface area contributed by atoms with Crippen LogP contribution in [-0.4, -0.2) is 49.0 Å². The topological polar surface area (TPSA) is 81.5 Å². The summed E-state index contributed by atoms with van der Waals surface area (Å²) < 4.78 is 33.2. The smallest absolute Gasteiger partial charge is 0.228 e. The van der Waals surface area contributed by atoms with Gasteiger partial charge in [0.25, 0.3) is 0 Å². The average Bonchev–Trinajstić information content (AvgIpc) is 3.07. The lowest BCUT2D eigenvalue weighted by atomic mass is 10.2. The quantitative estimate of drug-likeness (QED) is 0.542. The van der Waals surface area contributed by atoms with Crippen molar-refractivity contribution in [2.45, 2.75) is 51.7 Å². The van der Waals surface area contributed by atoms with Crippen molar-refractivity contribution in [3.05, 3.63) is 47.8 Å². The van der Waals surface area contributed by atoms with Gasteiger partial charge in [0.2, 0.25) is 20.9 Å². The minimum atomic E-state index is -3.63. The minimum Gasteiger partial charge on any atom is -0.383 e.